The van der Waals surface area contributed by atoms with Gasteiger partial charge in [0.2, 0.25) is 5.91 Å². The molecule has 1 aromatic heterocycles. The van der Waals surface area contributed by atoms with E-state index >= 15 is 0 Å². The number of hydroxylamine groups is 1. The summed E-state index contributed by atoms with van der Waals surface area (Å²) in [5.41, 5.74) is 4.07. The first-order chi connectivity index (χ1) is 17.0. The molecule has 2 heterocycles. The van der Waals surface area contributed by atoms with E-state index in [1.807, 2.05) is 29.2 Å². The lowest BCUT2D eigenvalue weighted by Gasteiger charge is -2.42. The molecule has 4 rings (SSSR count). The number of rotatable bonds is 9. The molecule has 1 aliphatic carbocycles. The van der Waals surface area contributed by atoms with E-state index in [0.717, 1.165) is 51.0 Å². The Morgan fingerprint density at radius 2 is 1.80 bits per heavy atom. The summed E-state index contributed by atoms with van der Waals surface area (Å²) in [4.78, 5) is 29.5. The Morgan fingerprint density at radius 1 is 1.09 bits per heavy atom. The third kappa shape index (κ3) is 6.53. The van der Waals surface area contributed by atoms with E-state index in [2.05, 4.69) is 11.8 Å². The van der Waals surface area contributed by atoms with Gasteiger partial charge in [0.25, 0.3) is 5.91 Å². The monoisotopic (exact) mass is 481 g/mol. The van der Waals surface area contributed by atoms with Crippen LogP contribution in [0.15, 0.2) is 47.1 Å². The van der Waals surface area contributed by atoms with Gasteiger partial charge in [-0.1, -0.05) is 37.0 Å². The van der Waals surface area contributed by atoms with Gasteiger partial charge < -0.3 is 14.2 Å². The number of carbonyl (C=O) groups excluding carboxylic acids is 2. The zero-order valence-corrected chi connectivity index (χ0v) is 20.9. The van der Waals surface area contributed by atoms with E-state index in [0.29, 0.717) is 12.2 Å². The van der Waals surface area contributed by atoms with Gasteiger partial charge in [-0.05, 0) is 81.7 Å². The molecule has 1 aliphatic heterocycles. The summed E-state index contributed by atoms with van der Waals surface area (Å²) in [7, 11) is 0. The average molecular weight is 482 g/mol. The Morgan fingerprint density at radius 3 is 2.43 bits per heavy atom. The number of aryl methyl sites for hydroxylation is 1. The fourth-order valence-corrected chi connectivity index (χ4v) is 5.88. The lowest BCUT2D eigenvalue weighted by molar-refractivity contribution is -0.130. The highest BCUT2D eigenvalue weighted by molar-refractivity contribution is 6.04. The molecule has 2 fully saturated rings. The summed E-state index contributed by atoms with van der Waals surface area (Å²) in [5, 5.41) is 8.91. The summed E-state index contributed by atoms with van der Waals surface area (Å²) < 4.78 is 5.45. The lowest BCUT2D eigenvalue weighted by atomic mass is 9.69. The Bertz CT molecular complexity index is 943. The molecule has 35 heavy (non-hydrogen) atoms. The van der Waals surface area contributed by atoms with E-state index in [1.54, 1.807) is 23.9 Å². The maximum Gasteiger partial charge on any atom is 0.294 e. The van der Waals surface area contributed by atoms with E-state index in [1.165, 1.54) is 37.7 Å². The van der Waals surface area contributed by atoms with Crippen LogP contribution in [0.3, 0.4) is 0 Å². The van der Waals surface area contributed by atoms with Crippen LogP contribution < -0.4 is 10.4 Å². The van der Waals surface area contributed by atoms with Crippen molar-refractivity contribution >= 4 is 17.5 Å². The third-order valence-corrected chi connectivity index (χ3v) is 8.06. The molecule has 2 aromatic rings. The molecule has 0 atom stereocenters. The van der Waals surface area contributed by atoms with Crippen molar-refractivity contribution in [1.29, 1.82) is 0 Å². The minimum atomic E-state index is -0.284. The van der Waals surface area contributed by atoms with Crippen LogP contribution in [0.5, 0.6) is 0 Å². The van der Waals surface area contributed by atoms with Gasteiger partial charge in [-0.3, -0.25) is 14.8 Å². The molecule has 0 radical (unpaired) electrons. The molecular formula is C28H39N3O4. The third-order valence-electron chi connectivity index (χ3n) is 8.06. The number of likely N-dealkylation sites (tertiary alicyclic amines) is 1. The van der Waals surface area contributed by atoms with Crippen LogP contribution in [0.1, 0.15) is 80.3 Å². The standard InChI is InChI=1S/C28H39N3O4/c1-22-7-9-23(10-8-22)31(27(33)25-6-5-21-35-25)24-12-18-30(19-13-24)20-17-28(14-3-2-4-15-28)16-11-26(32)29-34/h5-10,21,24,34H,2-4,11-20H2,1H3,(H,29,32). The van der Waals surface area contributed by atoms with Crippen LogP contribution in [0, 0.1) is 12.3 Å². The number of piperidine rings is 1. The number of amides is 2. The second-order valence-electron chi connectivity index (χ2n) is 10.4. The predicted octanol–water partition coefficient (Wildman–Crippen LogP) is 5.33. The Kier molecular flexibility index (Phi) is 8.63. The van der Waals surface area contributed by atoms with Crippen molar-refractivity contribution in [2.75, 3.05) is 24.5 Å². The number of anilines is 1. The van der Waals surface area contributed by atoms with E-state index in [9.17, 15) is 9.59 Å². The van der Waals surface area contributed by atoms with Crippen molar-refractivity contribution in [1.82, 2.24) is 10.4 Å². The summed E-state index contributed by atoms with van der Waals surface area (Å²) in [6, 6.07) is 11.8. The van der Waals surface area contributed by atoms with Gasteiger partial charge in [0.05, 0.1) is 6.26 Å². The van der Waals surface area contributed by atoms with Gasteiger partial charge in [-0.25, -0.2) is 5.48 Å². The summed E-state index contributed by atoms with van der Waals surface area (Å²) in [6.07, 6.45) is 11.8. The second-order valence-corrected chi connectivity index (χ2v) is 10.4. The molecule has 1 aromatic carbocycles. The Labute approximate surface area is 208 Å². The van der Waals surface area contributed by atoms with Crippen LogP contribution in [-0.2, 0) is 4.79 Å². The summed E-state index contributed by atoms with van der Waals surface area (Å²) in [6.45, 7) is 4.97. The van der Waals surface area contributed by atoms with E-state index < -0.39 is 0 Å². The first kappa shape index (κ1) is 25.5. The first-order valence-corrected chi connectivity index (χ1v) is 13.1. The summed E-state index contributed by atoms with van der Waals surface area (Å²) >= 11 is 0. The molecule has 2 aliphatic rings. The largest absolute Gasteiger partial charge is 0.459 e. The molecule has 7 heteroatoms. The van der Waals surface area contributed by atoms with Gasteiger partial charge in [0, 0.05) is 31.2 Å². The number of hydrogen-bond donors (Lipinski definition) is 2. The van der Waals surface area contributed by atoms with Gasteiger partial charge in [-0.2, -0.15) is 0 Å². The highest BCUT2D eigenvalue weighted by atomic mass is 16.5. The predicted molar refractivity (Wildman–Crippen MR) is 135 cm³/mol. The quantitative estimate of drug-likeness (QED) is 0.374. The number of hydrogen-bond acceptors (Lipinski definition) is 5. The number of carbonyl (C=O) groups is 2. The number of nitrogens with zero attached hydrogens (tertiary/aromatic N) is 2. The Balaban J connectivity index is 1.38. The highest BCUT2D eigenvalue weighted by Crippen LogP contribution is 2.43. The molecule has 1 saturated heterocycles. The molecule has 0 spiro atoms. The fourth-order valence-electron chi connectivity index (χ4n) is 5.88. The van der Waals surface area contributed by atoms with Crippen LogP contribution >= 0.6 is 0 Å². The number of furan rings is 1. The molecule has 2 N–H and O–H groups in total. The molecule has 190 valence electrons. The van der Waals surface area contributed by atoms with Crippen molar-refractivity contribution in [3.8, 4) is 0 Å². The van der Waals surface area contributed by atoms with Crippen molar-refractivity contribution in [3.05, 3.63) is 54.0 Å². The second kappa shape index (κ2) is 11.9. The number of nitrogens with one attached hydrogen (secondary N) is 1. The van der Waals surface area contributed by atoms with Gasteiger partial charge in [-0.15, -0.1) is 0 Å². The van der Waals surface area contributed by atoms with Crippen molar-refractivity contribution in [2.45, 2.75) is 77.2 Å². The summed E-state index contributed by atoms with van der Waals surface area (Å²) in [5.74, 6) is 0.00738. The van der Waals surface area contributed by atoms with Crippen LogP contribution in [0.2, 0.25) is 0 Å². The molecule has 0 unspecified atom stereocenters. The fraction of sp³-hybridized carbons (Fsp3) is 0.571. The maximum absolute atomic E-state index is 13.4. The topological polar surface area (TPSA) is 86.0 Å². The van der Waals surface area contributed by atoms with Crippen molar-refractivity contribution < 1.29 is 19.2 Å². The minimum Gasteiger partial charge on any atom is -0.459 e. The Hall–Kier alpha value is -2.64. The van der Waals surface area contributed by atoms with E-state index in [-0.39, 0.29) is 23.3 Å². The van der Waals surface area contributed by atoms with Crippen molar-refractivity contribution in [3.63, 3.8) is 0 Å². The normalized spacial score (nSPS) is 18.8. The number of benzene rings is 1. The SMILES string of the molecule is Cc1ccc(N(C(=O)c2ccco2)C2CCN(CCC3(CCC(=O)NO)CCCCC3)CC2)cc1. The van der Waals surface area contributed by atoms with Crippen molar-refractivity contribution in [2.24, 2.45) is 5.41 Å². The smallest absolute Gasteiger partial charge is 0.294 e. The lowest BCUT2D eigenvalue weighted by Crippen LogP contribution is -2.48. The average Bonchev–Trinajstić information content (AvgIpc) is 3.44. The van der Waals surface area contributed by atoms with Gasteiger partial charge in [0.1, 0.15) is 0 Å². The maximum atomic E-state index is 13.4. The minimum absolute atomic E-state index is 0.0828. The molecular weight excluding hydrogens is 442 g/mol. The first-order valence-electron chi connectivity index (χ1n) is 13.1. The van der Waals surface area contributed by atoms with E-state index in [4.69, 9.17) is 9.62 Å². The zero-order chi connectivity index (χ0) is 24.7. The molecule has 2 amide bonds. The molecule has 1 saturated carbocycles. The zero-order valence-electron chi connectivity index (χ0n) is 20.9. The van der Waals surface area contributed by atoms with Crippen LogP contribution in [0.4, 0.5) is 5.69 Å². The van der Waals surface area contributed by atoms with Gasteiger partial charge >= 0.3 is 0 Å². The van der Waals surface area contributed by atoms with Crippen LogP contribution in [0.25, 0.3) is 0 Å². The molecule has 0 bridgehead atoms. The molecule has 7 nitrogen and oxygen atoms in total. The highest BCUT2D eigenvalue weighted by Gasteiger charge is 2.35. The van der Waals surface area contributed by atoms with Gasteiger partial charge in [0.15, 0.2) is 5.76 Å². The van der Waals surface area contributed by atoms with Crippen LogP contribution in [-0.4, -0.2) is 47.6 Å².